The van der Waals surface area contributed by atoms with Gasteiger partial charge < -0.3 is 18.9 Å². The number of ether oxygens (including phenoxy) is 2. The summed E-state index contributed by atoms with van der Waals surface area (Å²) in [5, 5.41) is 0. The van der Waals surface area contributed by atoms with Crippen LogP contribution in [0.2, 0.25) is 0 Å². The van der Waals surface area contributed by atoms with Crippen molar-refractivity contribution >= 4 is 5.69 Å². The Morgan fingerprint density at radius 3 is 1.89 bits per heavy atom. The molecule has 1 aromatic heterocycles. The maximum Gasteiger partial charge on any atom is 0.217 e. The van der Waals surface area contributed by atoms with E-state index in [1.165, 1.54) is 24.1 Å². The first-order chi connectivity index (χ1) is 23.2. The standard InChI is InChI=1S/C41H46N4O2/c1-41(24-14-15-25-43-26-28-44(29-27-43)36-22-12-5-13-23-36)31-46-40(47-32-41)39-42-37(34-18-8-3-9-19-34)38(35-20-10-4-11-21-35)45(39)30-33-16-6-2-7-17-33/h2-13,16-23,40H,14-15,24-32H2,1H3/t40-,41+. The van der Waals surface area contributed by atoms with Gasteiger partial charge in [0.15, 0.2) is 5.82 Å². The molecule has 0 amide bonds. The minimum Gasteiger partial charge on any atom is -0.369 e. The lowest BCUT2D eigenvalue weighted by Crippen LogP contribution is -2.46. The van der Waals surface area contributed by atoms with Crippen LogP contribution in [0.4, 0.5) is 5.69 Å². The normalized spacial score (nSPS) is 20.4. The van der Waals surface area contributed by atoms with Crippen molar-refractivity contribution in [1.82, 2.24) is 14.5 Å². The second-order valence-electron chi connectivity index (χ2n) is 13.4. The molecule has 2 aliphatic heterocycles. The van der Waals surface area contributed by atoms with Crippen molar-refractivity contribution in [2.24, 2.45) is 5.41 Å². The Balaban J connectivity index is 1.02. The van der Waals surface area contributed by atoms with Crippen LogP contribution in [0.15, 0.2) is 121 Å². The van der Waals surface area contributed by atoms with Crippen LogP contribution in [-0.2, 0) is 16.0 Å². The fraction of sp³-hybridized carbons (Fsp3) is 0.341. The number of benzene rings is 4. The third-order valence-electron chi connectivity index (χ3n) is 9.65. The zero-order chi connectivity index (χ0) is 31.9. The molecule has 0 atom stereocenters. The van der Waals surface area contributed by atoms with Crippen LogP contribution in [0.5, 0.6) is 0 Å². The SMILES string of the molecule is C[C@]1(CCCCN2CCN(c3ccccc3)CC2)CO[C@@H](c2nc(-c3ccccc3)c(-c3ccccc3)n2Cc2ccccc2)OC1. The van der Waals surface area contributed by atoms with E-state index in [0.717, 1.165) is 67.5 Å². The summed E-state index contributed by atoms with van der Waals surface area (Å²) in [5.41, 5.74) is 6.79. The first-order valence-electron chi connectivity index (χ1n) is 17.2. The number of imidazole rings is 1. The van der Waals surface area contributed by atoms with Crippen molar-refractivity contribution in [2.75, 3.05) is 50.8 Å². The highest BCUT2D eigenvalue weighted by Crippen LogP contribution is 2.40. The molecule has 0 saturated carbocycles. The molecule has 0 N–H and O–H groups in total. The van der Waals surface area contributed by atoms with Crippen LogP contribution in [0, 0.1) is 5.41 Å². The van der Waals surface area contributed by atoms with Gasteiger partial charge in [-0.05, 0) is 37.1 Å². The van der Waals surface area contributed by atoms with Gasteiger partial charge in [-0.15, -0.1) is 0 Å². The number of rotatable bonds is 11. The van der Waals surface area contributed by atoms with Crippen molar-refractivity contribution in [3.05, 3.63) is 133 Å². The third kappa shape index (κ3) is 7.51. The Hall–Kier alpha value is -4.23. The van der Waals surface area contributed by atoms with E-state index in [-0.39, 0.29) is 5.41 Å². The van der Waals surface area contributed by atoms with Gasteiger partial charge in [0, 0.05) is 55.0 Å². The highest BCUT2D eigenvalue weighted by atomic mass is 16.7. The van der Waals surface area contributed by atoms with E-state index < -0.39 is 6.29 Å². The van der Waals surface area contributed by atoms with Gasteiger partial charge >= 0.3 is 0 Å². The predicted octanol–water partition coefficient (Wildman–Crippen LogP) is 8.31. The second kappa shape index (κ2) is 14.7. The molecule has 2 aliphatic rings. The van der Waals surface area contributed by atoms with Gasteiger partial charge in [0.05, 0.1) is 24.6 Å². The molecular formula is C41H46N4O2. The van der Waals surface area contributed by atoms with E-state index >= 15 is 0 Å². The van der Waals surface area contributed by atoms with E-state index in [9.17, 15) is 0 Å². The molecule has 0 aliphatic carbocycles. The van der Waals surface area contributed by atoms with Crippen LogP contribution in [0.3, 0.4) is 0 Å². The molecule has 3 heterocycles. The van der Waals surface area contributed by atoms with E-state index in [1.54, 1.807) is 0 Å². The zero-order valence-corrected chi connectivity index (χ0v) is 27.5. The molecule has 6 heteroatoms. The lowest BCUT2D eigenvalue weighted by Gasteiger charge is -2.38. The summed E-state index contributed by atoms with van der Waals surface area (Å²) in [6.07, 6.45) is 2.94. The number of unbranched alkanes of at least 4 members (excludes halogenated alkanes) is 1. The topological polar surface area (TPSA) is 42.8 Å². The molecule has 4 aromatic carbocycles. The molecular weight excluding hydrogens is 580 g/mol. The summed E-state index contributed by atoms with van der Waals surface area (Å²) in [6.45, 7) is 9.93. The Kier molecular flexibility index (Phi) is 9.80. The number of aromatic nitrogens is 2. The number of nitrogens with zero attached hydrogens (tertiary/aromatic N) is 4. The van der Waals surface area contributed by atoms with Gasteiger partial charge in [0.25, 0.3) is 0 Å². The van der Waals surface area contributed by atoms with E-state index in [4.69, 9.17) is 14.5 Å². The summed E-state index contributed by atoms with van der Waals surface area (Å²) in [5.74, 6) is 0.822. The first-order valence-corrected chi connectivity index (χ1v) is 17.2. The fourth-order valence-corrected chi connectivity index (χ4v) is 6.95. The summed E-state index contributed by atoms with van der Waals surface area (Å²) < 4.78 is 15.5. The van der Waals surface area contributed by atoms with E-state index in [1.807, 2.05) is 6.07 Å². The minimum absolute atomic E-state index is 0.0100. The summed E-state index contributed by atoms with van der Waals surface area (Å²) in [7, 11) is 0. The molecule has 2 saturated heterocycles. The Labute approximate surface area is 279 Å². The van der Waals surface area contributed by atoms with Gasteiger partial charge in [-0.3, -0.25) is 4.90 Å². The highest BCUT2D eigenvalue weighted by molar-refractivity contribution is 5.79. The highest BCUT2D eigenvalue weighted by Gasteiger charge is 2.36. The maximum atomic E-state index is 6.58. The van der Waals surface area contributed by atoms with Gasteiger partial charge in [-0.2, -0.15) is 0 Å². The maximum absolute atomic E-state index is 6.58. The van der Waals surface area contributed by atoms with Gasteiger partial charge in [-0.25, -0.2) is 4.98 Å². The molecule has 0 radical (unpaired) electrons. The summed E-state index contributed by atoms with van der Waals surface area (Å²) in [6, 6.07) is 42.4. The quantitative estimate of drug-likeness (QED) is 0.138. The lowest BCUT2D eigenvalue weighted by atomic mass is 9.86. The molecule has 0 bridgehead atoms. The molecule has 6 nitrogen and oxygen atoms in total. The second-order valence-corrected chi connectivity index (χ2v) is 13.4. The van der Waals surface area contributed by atoms with E-state index in [0.29, 0.717) is 19.8 Å². The molecule has 7 rings (SSSR count). The zero-order valence-electron chi connectivity index (χ0n) is 27.5. The number of anilines is 1. The van der Waals surface area contributed by atoms with E-state index in [2.05, 4.69) is 137 Å². The molecule has 0 unspecified atom stereocenters. The molecule has 47 heavy (non-hydrogen) atoms. The van der Waals surface area contributed by atoms with Crippen molar-refractivity contribution in [3.63, 3.8) is 0 Å². The summed E-state index contributed by atoms with van der Waals surface area (Å²) in [4.78, 5) is 10.4. The number of para-hydroxylation sites is 1. The number of hydrogen-bond acceptors (Lipinski definition) is 5. The summed E-state index contributed by atoms with van der Waals surface area (Å²) >= 11 is 0. The largest absolute Gasteiger partial charge is 0.369 e. The van der Waals surface area contributed by atoms with Crippen LogP contribution < -0.4 is 4.90 Å². The minimum atomic E-state index is -0.521. The smallest absolute Gasteiger partial charge is 0.217 e. The molecule has 2 fully saturated rings. The average molecular weight is 627 g/mol. The first kappa shape index (κ1) is 31.4. The van der Waals surface area contributed by atoms with Gasteiger partial charge in [-0.1, -0.05) is 123 Å². The number of piperazine rings is 1. The van der Waals surface area contributed by atoms with Crippen molar-refractivity contribution in [3.8, 4) is 22.5 Å². The Bertz CT molecular complexity index is 1680. The Morgan fingerprint density at radius 2 is 1.26 bits per heavy atom. The van der Waals surface area contributed by atoms with Crippen LogP contribution in [-0.4, -0.2) is 60.4 Å². The van der Waals surface area contributed by atoms with Crippen molar-refractivity contribution in [2.45, 2.75) is 39.0 Å². The monoisotopic (exact) mass is 626 g/mol. The molecule has 242 valence electrons. The predicted molar refractivity (Wildman–Crippen MR) is 190 cm³/mol. The Morgan fingerprint density at radius 1 is 0.681 bits per heavy atom. The third-order valence-corrected chi connectivity index (χ3v) is 9.65. The van der Waals surface area contributed by atoms with Crippen molar-refractivity contribution in [1.29, 1.82) is 0 Å². The van der Waals surface area contributed by atoms with Crippen molar-refractivity contribution < 1.29 is 9.47 Å². The average Bonchev–Trinajstić information content (AvgIpc) is 3.51. The lowest BCUT2D eigenvalue weighted by molar-refractivity contribution is -0.236. The fourth-order valence-electron chi connectivity index (χ4n) is 6.95. The van der Waals surface area contributed by atoms with Gasteiger partial charge in [0.2, 0.25) is 6.29 Å². The van der Waals surface area contributed by atoms with Crippen LogP contribution >= 0.6 is 0 Å². The molecule has 5 aromatic rings. The number of hydrogen-bond donors (Lipinski definition) is 0. The molecule has 0 spiro atoms. The van der Waals surface area contributed by atoms with Crippen LogP contribution in [0.25, 0.3) is 22.5 Å². The van der Waals surface area contributed by atoms with Gasteiger partial charge in [0.1, 0.15) is 0 Å². The van der Waals surface area contributed by atoms with Crippen LogP contribution in [0.1, 0.15) is 43.9 Å².